The number of aromatic nitrogens is 2. The summed E-state index contributed by atoms with van der Waals surface area (Å²) in [5.74, 6) is -0.566. The molecule has 1 saturated heterocycles. The number of halogens is 1. The molecule has 1 aromatic heterocycles. The summed E-state index contributed by atoms with van der Waals surface area (Å²) < 4.78 is 15.9. The van der Waals surface area contributed by atoms with Crippen LogP contribution in [0.3, 0.4) is 0 Å². The summed E-state index contributed by atoms with van der Waals surface area (Å²) in [5.41, 5.74) is 1.97. The molecule has 4 rings (SSSR count). The average molecular weight is 392 g/mol. The first-order valence-corrected chi connectivity index (χ1v) is 10.1. The minimum atomic E-state index is -0.359. The number of amides is 1. The van der Waals surface area contributed by atoms with E-state index in [2.05, 4.69) is 15.3 Å². The second-order valence-corrected chi connectivity index (χ2v) is 7.30. The van der Waals surface area contributed by atoms with Gasteiger partial charge < -0.3 is 10.2 Å². The Hall–Kier alpha value is -2.99. The Morgan fingerprint density at radius 3 is 2.48 bits per heavy atom. The number of hydrogen-bond donors (Lipinski definition) is 1. The molecular formula is C23H25FN4O. The normalized spacial score (nSPS) is 14.7. The predicted molar refractivity (Wildman–Crippen MR) is 112 cm³/mol. The second-order valence-electron chi connectivity index (χ2n) is 7.30. The number of hydrogen-bond acceptors (Lipinski definition) is 3. The van der Waals surface area contributed by atoms with Crippen molar-refractivity contribution in [2.45, 2.75) is 19.3 Å². The molecule has 1 N–H and O–H groups in total. The van der Waals surface area contributed by atoms with Crippen LogP contribution in [0.2, 0.25) is 0 Å². The van der Waals surface area contributed by atoms with Crippen molar-refractivity contribution in [3.8, 4) is 16.9 Å². The van der Waals surface area contributed by atoms with Crippen LogP contribution in [0.4, 0.5) is 4.39 Å². The summed E-state index contributed by atoms with van der Waals surface area (Å²) in [4.78, 5) is 15.3. The maximum atomic E-state index is 14.3. The molecule has 0 unspecified atom stereocenters. The van der Waals surface area contributed by atoms with Crippen molar-refractivity contribution in [2.24, 2.45) is 0 Å². The largest absolute Gasteiger partial charge is 0.349 e. The monoisotopic (exact) mass is 392 g/mol. The van der Waals surface area contributed by atoms with E-state index in [-0.39, 0.29) is 11.7 Å². The number of para-hydroxylation sites is 1. The van der Waals surface area contributed by atoms with Gasteiger partial charge in [-0.05, 0) is 56.3 Å². The number of carbonyl (C=O) groups excluding carboxylic acids is 1. The highest BCUT2D eigenvalue weighted by molar-refractivity contribution is 5.94. The lowest BCUT2D eigenvalue weighted by Crippen LogP contribution is -2.38. The van der Waals surface area contributed by atoms with Gasteiger partial charge in [-0.1, -0.05) is 36.8 Å². The summed E-state index contributed by atoms with van der Waals surface area (Å²) in [5, 5.41) is 7.54. The predicted octanol–water partition coefficient (Wildman–Crippen LogP) is 3.89. The Labute approximate surface area is 170 Å². The standard InChI is InChI=1S/C23H25FN4O/c24-20-12-6-5-11-19(20)21-17-22(28(26-21)18-9-3-1-4-10-18)23(29)25-13-16-27-14-7-2-8-15-27/h1,3-6,9-12,17H,2,7-8,13-16H2,(H,25,29). The van der Waals surface area contributed by atoms with Crippen LogP contribution in [0.1, 0.15) is 29.8 Å². The van der Waals surface area contributed by atoms with Crippen molar-refractivity contribution in [3.05, 3.63) is 72.2 Å². The zero-order valence-electron chi connectivity index (χ0n) is 16.4. The summed E-state index contributed by atoms with van der Waals surface area (Å²) in [6.45, 7) is 3.60. The van der Waals surface area contributed by atoms with Gasteiger partial charge in [0.1, 0.15) is 11.5 Å². The molecule has 0 atom stereocenters. The van der Waals surface area contributed by atoms with E-state index in [0.717, 1.165) is 25.3 Å². The van der Waals surface area contributed by atoms with Gasteiger partial charge in [0.15, 0.2) is 0 Å². The zero-order valence-corrected chi connectivity index (χ0v) is 16.4. The number of carbonyl (C=O) groups is 1. The molecule has 0 radical (unpaired) electrons. The van der Waals surface area contributed by atoms with Crippen molar-refractivity contribution in [2.75, 3.05) is 26.2 Å². The molecule has 0 aliphatic carbocycles. The lowest BCUT2D eigenvalue weighted by atomic mass is 10.1. The van der Waals surface area contributed by atoms with Gasteiger partial charge in [-0.15, -0.1) is 0 Å². The minimum Gasteiger partial charge on any atom is -0.349 e. The average Bonchev–Trinajstić information content (AvgIpc) is 3.21. The van der Waals surface area contributed by atoms with E-state index in [1.165, 1.54) is 25.3 Å². The van der Waals surface area contributed by atoms with Gasteiger partial charge in [-0.25, -0.2) is 9.07 Å². The summed E-state index contributed by atoms with van der Waals surface area (Å²) in [6, 6.07) is 17.6. The highest BCUT2D eigenvalue weighted by atomic mass is 19.1. The third-order valence-corrected chi connectivity index (χ3v) is 5.25. The molecule has 6 heteroatoms. The number of nitrogens with one attached hydrogen (secondary N) is 1. The Kier molecular flexibility index (Phi) is 6.00. The Bertz CT molecular complexity index is 964. The highest BCUT2D eigenvalue weighted by Crippen LogP contribution is 2.24. The van der Waals surface area contributed by atoms with E-state index < -0.39 is 0 Å². The topological polar surface area (TPSA) is 50.2 Å². The maximum absolute atomic E-state index is 14.3. The van der Waals surface area contributed by atoms with Crippen LogP contribution in [-0.2, 0) is 0 Å². The number of nitrogens with zero attached hydrogens (tertiary/aromatic N) is 3. The fourth-order valence-corrected chi connectivity index (χ4v) is 3.71. The van der Waals surface area contributed by atoms with Crippen LogP contribution in [0, 0.1) is 5.82 Å². The Balaban J connectivity index is 1.57. The van der Waals surface area contributed by atoms with E-state index in [9.17, 15) is 9.18 Å². The van der Waals surface area contributed by atoms with Gasteiger partial charge >= 0.3 is 0 Å². The van der Waals surface area contributed by atoms with E-state index in [1.54, 1.807) is 28.9 Å². The lowest BCUT2D eigenvalue weighted by molar-refractivity contribution is 0.0939. The molecule has 0 spiro atoms. The van der Waals surface area contributed by atoms with E-state index in [0.29, 0.717) is 23.5 Å². The molecule has 3 aromatic rings. The fraction of sp³-hybridized carbons (Fsp3) is 0.304. The molecule has 0 bridgehead atoms. The first kappa shape index (κ1) is 19.3. The third kappa shape index (κ3) is 4.54. The second kappa shape index (κ2) is 9.01. The summed E-state index contributed by atoms with van der Waals surface area (Å²) in [7, 11) is 0. The van der Waals surface area contributed by atoms with Crippen molar-refractivity contribution in [1.82, 2.24) is 20.0 Å². The van der Waals surface area contributed by atoms with Crippen molar-refractivity contribution >= 4 is 5.91 Å². The smallest absolute Gasteiger partial charge is 0.270 e. The molecule has 150 valence electrons. The quantitative estimate of drug-likeness (QED) is 0.692. The SMILES string of the molecule is O=C(NCCN1CCCCC1)c1cc(-c2ccccc2F)nn1-c1ccccc1. The molecule has 29 heavy (non-hydrogen) atoms. The molecule has 1 amide bonds. The number of rotatable bonds is 6. The van der Waals surface area contributed by atoms with Crippen LogP contribution in [0.25, 0.3) is 16.9 Å². The summed E-state index contributed by atoms with van der Waals surface area (Å²) >= 11 is 0. The van der Waals surface area contributed by atoms with Crippen LogP contribution in [0.15, 0.2) is 60.7 Å². The molecule has 1 aliphatic heterocycles. The van der Waals surface area contributed by atoms with Gasteiger partial charge in [-0.3, -0.25) is 4.79 Å². The Morgan fingerprint density at radius 1 is 1.00 bits per heavy atom. The summed E-state index contributed by atoms with van der Waals surface area (Å²) in [6.07, 6.45) is 3.74. The number of likely N-dealkylation sites (tertiary alicyclic amines) is 1. The van der Waals surface area contributed by atoms with E-state index in [1.807, 2.05) is 30.3 Å². The van der Waals surface area contributed by atoms with Gasteiger partial charge in [0.2, 0.25) is 0 Å². The van der Waals surface area contributed by atoms with Crippen LogP contribution >= 0.6 is 0 Å². The first-order valence-electron chi connectivity index (χ1n) is 10.1. The fourth-order valence-electron chi connectivity index (χ4n) is 3.71. The lowest BCUT2D eigenvalue weighted by Gasteiger charge is -2.26. The van der Waals surface area contributed by atoms with Gasteiger partial charge in [0.25, 0.3) is 5.91 Å². The molecule has 1 aliphatic rings. The van der Waals surface area contributed by atoms with Crippen LogP contribution in [0.5, 0.6) is 0 Å². The van der Waals surface area contributed by atoms with Crippen molar-refractivity contribution < 1.29 is 9.18 Å². The Morgan fingerprint density at radius 2 is 1.72 bits per heavy atom. The third-order valence-electron chi connectivity index (χ3n) is 5.25. The first-order chi connectivity index (χ1) is 14.2. The highest BCUT2D eigenvalue weighted by Gasteiger charge is 2.19. The molecule has 2 heterocycles. The minimum absolute atomic E-state index is 0.207. The van der Waals surface area contributed by atoms with Crippen molar-refractivity contribution in [3.63, 3.8) is 0 Å². The van der Waals surface area contributed by atoms with Crippen LogP contribution < -0.4 is 5.32 Å². The molecule has 1 fully saturated rings. The molecule has 0 saturated carbocycles. The van der Waals surface area contributed by atoms with Gasteiger partial charge in [0, 0.05) is 18.7 Å². The molecular weight excluding hydrogens is 367 g/mol. The van der Waals surface area contributed by atoms with E-state index >= 15 is 0 Å². The van der Waals surface area contributed by atoms with Gasteiger partial charge in [-0.2, -0.15) is 5.10 Å². The van der Waals surface area contributed by atoms with Gasteiger partial charge in [0.05, 0.1) is 11.4 Å². The maximum Gasteiger partial charge on any atom is 0.270 e. The van der Waals surface area contributed by atoms with E-state index in [4.69, 9.17) is 0 Å². The van der Waals surface area contributed by atoms with Crippen molar-refractivity contribution in [1.29, 1.82) is 0 Å². The number of benzene rings is 2. The molecule has 2 aromatic carbocycles. The number of piperidine rings is 1. The van der Waals surface area contributed by atoms with Crippen LogP contribution in [-0.4, -0.2) is 46.8 Å². The zero-order chi connectivity index (χ0) is 20.1. The molecule has 5 nitrogen and oxygen atoms in total.